The molecule has 3 rings (SSSR count). The topological polar surface area (TPSA) is 41.1 Å². The van der Waals surface area contributed by atoms with Gasteiger partial charge in [-0.2, -0.15) is 0 Å². The molecule has 3 nitrogen and oxygen atoms in total. The number of piperidine rings is 2. The van der Waals surface area contributed by atoms with Gasteiger partial charge in [-0.3, -0.25) is 4.79 Å². The number of unbranched alkanes of at least 4 members (excludes halogenated alkanes) is 1. The Balaban J connectivity index is 0.000000295. The van der Waals surface area contributed by atoms with Gasteiger partial charge in [-0.25, -0.2) is 0 Å². The lowest BCUT2D eigenvalue weighted by Crippen LogP contribution is -2.60. The monoisotopic (exact) mass is 450 g/mol. The van der Waals surface area contributed by atoms with E-state index in [0.29, 0.717) is 11.8 Å². The van der Waals surface area contributed by atoms with Crippen molar-refractivity contribution in [3.8, 4) is 0 Å². The van der Waals surface area contributed by atoms with Gasteiger partial charge in [0.25, 0.3) is 0 Å². The van der Waals surface area contributed by atoms with Crippen molar-refractivity contribution in [3.05, 3.63) is 46.5 Å². The molecule has 1 amide bonds. The summed E-state index contributed by atoms with van der Waals surface area (Å²) < 4.78 is 1.16. The van der Waals surface area contributed by atoms with Crippen LogP contribution in [-0.2, 0) is 4.79 Å². The highest BCUT2D eigenvalue weighted by molar-refractivity contribution is 9.12. The van der Waals surface area contributed by atoms with Gasteiger partial charge in [0, 0.05) is 10.4 Å². The molecule has 0 radical (unpaired) electrons. The maximum absolute atomic E-state index is 12.2. The van der Waals surface area contributed by atoms with Gasteiger partial charge in [0.2, 0.25) is 5.91 Å². The summed E-state index contributed by atoms with van der Waals surface area (Å²) in [6, 6.07) is 0. The lowest BCUT2D eigenvalue weighted by atomic mass is 9.61. The van der Waals surface area contributed by atoms with Crippen LogP contribution >= 0.6 is 15.9 Å². The number of rotatable bonds is 7. The molecule has 2 bridgehead atoms. The maximum Gasteiger partial charge on any atom is 0.224 e. The molecule has 3 atom stereocenters. The van der Waals surface area contributed by atoms with Crippen LogP contribution in [-0.4, -0.2) is 24.5 Å². The third-order valence-electron chi connectivity index (χ3n) is 5.88. The van der Waals surface area contributed by atoms with E-state index in [1.54, 1.807) is 0 Å². The lowest BCUT2D eigenvalue weighted by Gasteiger charge is -2.49. The zero-order chi connectivity index (χ0) is 21.3. The van der Waals surface area contributed by atoms with Crippen LogP contribution in [0.4, 0.5) is 0 Å². The minimum atomic E-state index is -0.283. The molecular weight excluding hydrogens is 412 g/mol. The number of carbonyl (C=O) groups is 1. The minimum Gasteiger partial charge on any atom is -0.347 e. The number of halogens is 1. The molecule has 2 N–H and O–H groups in total. The molecule has 1 saturated carbocycles. The third kappa shape index (κ3) is 7.36. The van der Waals surface area contributed by atoms with E-state index < -0.39 is 0 Å². The zero-order valence-corrected chi connectivity index (χ0v) is 20.2. The fourth-order valence-electron chi connectivity index (χ4n) is 3.36. The first kappa shape index (κ1) is 24.9. The standard InChI is InChI=1S/C13H22N2O.C11H17Br/c1-8(2)13(3,4)15-12(16)11-9-5-10(11)7-14-6-9;1-4-6-7-8-9-11(12)10(3)5-2/h9-11,14H,1,5-7H2,2-4H3,(H,15,16);5,7-9H,4,6H2,1-3H3/b;8-7-,10-5+,11-9+/t9-,10+,11?;. The van der Waals surface area contributed by atoms with E-state index in [1.165, 1.54) is 18.4 Å². The van der Waals surface area contributed by atoms with Crippen LogP contribution in [0.2, 0.25) is 0 Å². The van der Waals surface area contributed by atoms with Gasteiger partial charge >= 0.3 is 0 Å². The first-order valence-electron chi connectivity index (χ1n) is 10.5. The fourth-order valence-corrected chi connectivity index (χ4v) is 3.74. The van der Waals surface area contributed by atoms with Crippen molar-refractivity contribution in [1.82, 2.24) is 10.6 Å². The SMILES string of the molecule is C/C=C(C)/C(Br)=C\C=C/CCC.C=C(C)C(C)(C)NC(=O)C1[C@@H]2CNC[C@H]1C2. The Bertz CT molecular complexity index is 617. The Morgan fingerprint density at radius 2 is 1.89 bits per heavy atom. The Morgan fingerprint density at radius 1 is 1.29 bits per heavy atom. The van der Waals surface area contributed by atoms with Gasteiger partial charge in [0.1, 0.15) is 0 Å². The van der Waals surface area contributed by atoms with Crippen LogP contribution in [0.1, 0.15) is 60.8 Å². The van der Waals surface area contributed by atoms with Crippen molar-refractivity contribution in [2.75, 3.05) is 13.1 Å². The van der Waals surface area contributed by atoms with E-state index in [9.17, 15) is 4.79 Å². The molecule has 28 heavy (non-hydrogen) atoms. The molecule has 0 aromatic rings. The van der Waals surface area contributed by atoms with Crippen LogP contribution < -0.4 is 10.6 Å². The van der Waals surface area contributed by atoms with E-state index in [4.69, 9.17) is 0 Å². The number of allylic oxidation sites excluding steroid dienone is 6. The third-order valence-corrected chi connectivity index (χ3v) is 6.77. The van der Waals surface area contributed by atoms with Gasteiger partial charge in [0.05, 0.1) is 5.54 Å². The smallest absolute Gasteiger partial charge is 0.224 e. The van der Waals surface area contributed by atoms with Crippen molar-refractivity contribution in [2.45, 2.75) is 66.3 Å². The average Bonchev–Trinajstić information content (AvgIpc) is 2.64. The molecule has 2 aliphatic heterocycles. The summed E-state index contributed by atoms with van der Waals surface area (Å²) in [6.07, 6.45) is 12.1. The van der Waals surface area contributed by atoms with Crippen LogP contribution in [0.25, 0.3) is 0 Å². The predicted octanol–water partition coefficient (Wildman–Crippen LogP) is 5.90. The summed E-state index contributed by atoms with van der Waals surface area (Å²) in [7, 11) is 0. The van der Waals surface area contributed by atoms with Gasteiger partial charge in [-0.05, 0) is 84.0 Å². The molecule has 1 aliphatic carbocycles. The van der Waals surface area contributed by atoms with Crippen LogP contribution in [0.3, 0.4) is 0 Å². The van der Waals surface area contributed by atoms with E-state index in [0.717, 1.165) is 29.6 Å². The molecule has 2 saturated heterocycles. The van der Waals surface area contributed by atoms with Crippen molar-refractivity contribution < 1.29 is 4.79 Å². The summed E-state index contributed by atoms with van der Waals surface area (Å²) in [6.45, 7) is 18.2. The number of hydrogen-bond acceptors (Lipinski definition) is 2. The summed E-state index contributed by atoms with van der Waals surface area (Å²) in [5.41, 5.74) is 1.99. The molecule has 3 fully saturated rings. The summed E-state index contributed by atoms with van der Waals surface area (Å²) >= 11 is 3.50. The largest absolute Gasteiger partial charge is 0.347 e. The number of hydrogen-bond donors (Lipinski definition) is 2. The molecule has 0 aromatic carbocycles. The van der Waals surface area contributed by atoms with Gasteiger partial charge in [-0.1, -0.05) is 59.7 Å². The Kier molecular flexibility index (Phi) is 10.5. The molecule has 0 spiro atoms. The highest BCUT2D eigenvalue weighted by atomic mass is 79.9. The van der Waals surface area contributed by atoms with E-state index in [2.05, 4.69) is 71.3 Å². The average molecular weight is 451 g/mol. The van der Waals surface area contributed by atoms with Crippen molar-refractivity contribution in [3.63, 3.8) is 0 Å². The molecule has 158 valence electrons. The van der Waals surface area contributed by atoms with Crippen LogP contribution in [0, 0.1) is 17.8 Å². The van der Waals surface area contributed by atoms with E-state index >= 15 is 0 Å². The molecule has 1 unspecified atom stereocenters. The highest BCUT2D eigenvalue weighted by Crippen LogP contribution is 2.42. The van der Waals surface area contributed by atoms with E-state index in [1.807, 2.05) is 27.7 Å². The molecule has 2 heterocycles. The van der Waals surface area contributed by atoms with Gasteiger partial charge in [0.15, 0.2) is 0 Å². The second kappa shape index (κ2) is 11.8. The minimum absolute atomic E-state index is 0.218. The normalized spacial score (nSPS) is 24.9. The van der Waals surface area contributed by atoms with Gasteiger partial charge in [-0.15, -0.1) is 0 Å². The molecular formula is C24H39BrN2O. The van der Waals surface area contributed by atoms with Gasteiger partial charge < -0.3 is 10.6 Å². The second-order valence-corrected chi connectivity index (χ2v) is 9.39. The first-order chi connectivity index (χ1) is 13.1. The maximum atomic E-state index is 12.2. The Hall–Kier alpha value is -1.13. The first-order valence-corrected chi connectivity index (χ1v) is 11.3. The van der Waals surface area contributed by atoms with Crippen LogP contribution in [0.15, 0.2) is 46.5 Å². The highest BCUT2D eigenvalue weighted by Gasteiger charge is 2.48. The number of amides is 1. The molecule has 3 aliphatic rings. The Morgan fingerprint density at radius 3 is 2.36 bits per heavy atom. The summed E-state index contributed by atoms with van der Waals surface area (Å²) in [5, 5.41) is 6.48. The van der Waals surface area contributed by atoms with E-state index in [-0.39, 0.29) is 17.4 Å². The summed E-state index contributed by atoms with van der Waals surface area (Å²) in [4.78, 5) is 12.2. The number of fused-ring (bicyclic) bond motifs is 2. The fraction of sp³-hybridized carbons (Fsp3) is 0.625. The second-order valence-electron chi connectivity index (χ2n) is 8.54. The number of carbonyl (C=O) groups excluding carboxylic acids is 1. The zero-order valence-electron chi connectivity index (χ0n) is 18.6. The number of nitrogens with one attached hydrogen (secondary N) is 2. The van der Waals surface area contributed by atoms with Crippen molar-refractivity contribution in [2.24, 2.45) is 17.8 Å². The van der Waals surface area contributed by atoms with Crippen molar-refractivity contribution >= 4 is 21.8 Å². The lowest BCUT2D eigenvalue weighted by molar-refractivity contribution is -0.137. The molecule has 0 aromatic heterocycles. The predicted molar refractivity (Wildman–Crippen MR) is 125 cm³/mol. The Labute approximate surface area is 180 Å². The quantitative estimate of drug-likeness (QED) is 0.374. The summed E-state index contributed by atoms with van der Waals surface area (Å²) in [5.74, 6) is 1.56. The molecule has 4 heteroatoms. The van der Waals surface area contributed by atoms with Crippen LogP contribution in [0.5, 0.6) is 0 Å². The van der Waals surface area contributed by atoms with Crippen molar-refractivity contribution in [1.29, 1.82) is 0 Å².